The van der Waals surface area contributed by atoms with Crippen LogP contribution >= 0.6 is 11.6 Å². The van der Waals surface area contributed by atoms with Crippen LogP contribution in [0.4, 0.5) is 5.69 Å². The molecule has 1 amide bonds. The van der Waals surface area contributed by atoms with Crippen molar-refractivity contribution in [2.24, 2.45) is 0 Å². The summed E-state index contributed by atoms with van der Waals surface area (Å²) in [6.07, 6.45) is 0. The van der Waals surface area contributed by atoms with Crippen molar-refractivity contribution in [3.8, 4) is 5.75 Å². The second-order valence-corrected chi connectivity index (χ2v) is 7.17. The van der Waals surface area contributed by atoms with Crippen LogP contribution in [0.2, 0.25) is 5.02 Å². The van der Waals surface area contributed by atoms with Crippen molar-refractivity contribution in [1.82, 2.24) is 5.32 Å². The Labute approximate surface area is 154 Å². The molecule has 0 aliphatic heterocycles. The number of nitrogens with one attached hydrogen (secondary N) is 1. The van der Waals surface area contributed by atoms with Crippen molar-refractivity contribution in [1.29, 1.82) is 0 Å². The molecule has 0 spiro atoms. The van der Waals surface area contributed by atoms with Crippen molar-refractivity contribution >= 4 is 34.0 Å². The number of nitrogens with two attached hydrogens (primary N) is 1. The smallest absolute Gasteiger partial charge is 0.251 e. The van der Waals surface area contributed by atoms with E-state index in [2.05, 4.69) is 5.32 Å². The van der Waals surface area contributed by atoms with Crippen LogP contribution in [0.15, 0.2) is 41.3 Å². The molecule has 0 saturated carbocycles. The van der Waals surface area contributed by atoms with Crippen LogP contribution in [0.3, 0.4) is 0 Å². The summed E-state index contributed by atoms with van der Waals surface area (Å²) in [5.41, 5.74) is 7.37. The number of carbonyl (C=O) groups excluding carboxylic acids is 1. The minimum Gasteiger partial charge on any atom is -0.495 e. The largest absolute Gasteiger partial charge is 0.495 e. The summed E-state index contributed by atoms with van der Waals surface area (Å²) in [6, 6.07) is 9.96. The zero-order valence-corrected chi connectivity index (χ0v) is 15.5. The molecule has 0 aromatic heterocycles. The zero-order chi connectivity index (χ0) is 17.7. The van der Waals surface area contributed by atoms with Gasteiger partial charge >= 0.3 is 0 Å². The number of carbonyl (C=O) groups is 1. The van der Waals surface area contributed by atoms with Crippen molar-refractivity contribution in [3.05, 3.63) is 52.5 Å². The van der Waals surface area contributed by atoms with E-state index in [4.69, 9.17) is 22.1 Å². The van der Waals surface area contributed by atoms with Crippen molar-refractivity contribution < 1.29 is 19.2 Å². The van der Waals surface area contributed by atoms with Crippen LogP contribution < -0.4 is 15.8 Å². The van der Waals surface area contributed by atoms with E-state index in [1.54, 1.807) is 36.4 Å². The van der Waals surface area contributed by atoms with Gasteiger partial charge in [0.2, 0.25) is 0 Å². The Morgan fingerprint density at radius 1 is 1.28 bits per heavy atom. The average Bonchev–Trinajstić information content (AvgIpc) is 2.59. The van der Waals surface area contributed by atoms with Crippen LogP contribution in [0.25, 0.3) is 0 Å². The lowest BCUT2D eigenvalue weighted by Gasteiger charge is -2.11. The first-order chi connectivity index (χ1) is 11.5. The Morgan fingerprint density at radius 3 is 2.64 bits per heavy atom. The molecule has 136 valence electrons. The van der Waals surface area contributed by atoms with E-state index in [9.17, 15) is 9.00 Å². The molecule has 0 fully saturated rings. The lowest BCUT2D eigenvalue weighted by Crippen LogP contribution is -2.23. The highest BCUT2D eigenvalue weighted by Crippen LogP contribution is 2.23. The molecular formula is C17H21ClN2O4S. The van der Waals surface area contributed by atoms with Gasteiger partial charge < -0.3 is 21.3 Å². The Morgan fingerprint density at radius 2 is 2.00 bits per heavy atom. The fraction of sp³-hybridized carbons (Fsp3) is 0.235. The summed E-state index contributed by atoms with van der Waals surface area (Å²) in [6.45, 7) is 2.07. The summed E-state index contributed by atoms with van der Waals surface area (Å²) < 4.78 is 17.2. The maximum atomic E-state index is 12.3. The number of amides is 1. The van der Waals surface area contributed by atoms with Crippen LogP contribution in [-0.4, -0.2) is 28.5 Å². The quantitative estimate of drug-likeness (QED) is 0.743. The van der Waals surface area contributed by atoms with Gasteiger partial charge in [-0.05, 0) is 42.0 Å². The molecule has 0 aliphatic carbocycles. The van der Waals surface area contributed by atoms with E-state index >= 15 is 0 Å². The summed E-state index contributed by atoms with van der Waals surface area (Å²) in [5.74, 6) is 0.664. The highest BCUT2D eigenvalue weighted by atomic mass is 35.5. The normalized spacial score (nSPS) is 11.3. The maximum Gasteiger partial charge on any atom is 0.251 e. The third kappa shape index (κ3) is 5.19. The minimum atomic E-state index is -1.12. The molecule has 0 saturated heterocycles. The SMILES string of the molecule is CCS(=O)c1ccc(Cl)cc1CNC(=O)c1ccc(N)c(OC)c1.O. The van der Waals surface area contributed by atoms with Gasteiger partial charge in [-0.3, -0.25) is 9.00 Å². The fourth-order valence-electron chi connectivity index (χ4n) is 2.19. The molecular weight excluding hydrogens is 364 g/mol. The van der Waals surface area contributed by atoms with Crippen molar-refractivity contribution in [3.63, 3.8) is 0 Å². The van der Waals surface area contributed by atoms with Gasteiger partial charge in [0.05, 0.1) is 23.6 Å². The van der Waals surface area contributed by atoms with Gasteiger partial charge in [-0.15, -0.1) is 0 Å². The predicted molar refractivity (Wildman–Crippen MR) is 101 cm³/mol. The highest BCUT2D eigenvalue weighted by Gasteiger charge is 2.12. The molecule has 2 aromatic rings. The van der Waals surface area contributed by atoms with Gasteiger partial charge in [0.15, 0.2) is 0 Å². The third-order valence-electron chi connectivity index (χ3n) is 3.47. The maximum absolute atomic E-state index is 12.3. The zero-order valence-electron chi connectivity index (χ0n) is 14.0. The van der Waals surface area contributed by atoms with E-state index in [0.29, 0.717) is 32.7 Å². The first-order valence-electron chi connectivity index (χ1n) is 7.34. The van der Waals surface area contributed by atoms with Gasteiger partial charge in [0, 0.05) is 27.8 Å². The van der Waals surface area contributed by atoms with E-state index in [1.165, 1.54) is 7.11 Å². The molecule has 0 bridgehead atoms. The molecule has 1 atom stereocenters. The van der Waals surface area contributed by atoms with Crippen LogP contribution in [-0.2, 0) is 17.3 Å². The number of hydrogen-bond acceptors (Lipinski definition) is 4. The van der Waals surface area contributed by atoms with E-state index in [-0.39, 0.29) is 17.9 Å². The van der Waals surface area contributed by atoms with Crippen LogP contribution in [0, 0.1) is 0 Å². The number of halogens is 1. The Hall–Kier alpha value is -2.09. The molecule has 6 nitrogen and oxygen atoms in total. The van der Waals surface area contributed by atoms with Gasteiger partial charge in [0.1, 0.15) is 5.75 Å². The standard InChI is InChI=1S/C17H19ClN2O3S.H2O/c1-3-24(22)16-7-5-13(18)8-12(16)10-20-17(21)11-4-6-14(19)15(9-11)23-2;/h4-9H,3,10,19H2,1-2H3,(H,20,21);1H2. The highest BCUT2D eigenvalue weighted by molar-refractivity contribution is 7.85. The number of rotatable bonds is 6. The van der Waals surface area contributed by atoms with E-state index in [1.807, 2.05) is 6.92 Å². The number of methoxy groups -OCH3 is 1. The van der Waals surface area contributed by atoms with Crippen LogP contribution in [0.1, 0.15) is 22.8 Å². The van der Waals surface area contributed by atoms with E-state index in [0.717, 1.165) is 5.56 Å². The molecule has 2 rings (SSSR count). The third-order valence-corrected chi connectivity index (χ3v) is 5.11. The fourth-order valence-corrected chi connectivity index (χ4v) is 3.34. The predicted octanol–water partition coefficient (Wildman–Crippen LogP) is 2.16. The van der Waals surface area contributed by atoms with E-state index < -0.39 is 10.8 Å². The molecule has 25 heavy (non-hydrogen) atoms. The number of benzene rings is 2. The molecule has 2 aromatic carbocycles. The Balaban J connectivity index is 0.00000312. The summed E-state index contributed by atoms with van der Waals surface area (Å²) in [4.78, 5) is 13.0. The average molecular weight is 385 g/mol. The topological polar surface area (TPSA) is 113 Å². The lowest BCUT2D eigenvalue weighted by molar-refractivity contribution is 0.0950. The second kappa shape index (κ2) is 9.41. The van der Waals surface area contributed by atoms with Gasteiger partial charge in [-0.25, -0.2) is 0 Å². The number of nitrogen functional groups attached to an aromatic ring is 1. The molecule has 0 heterocycles. The number of anilines is 1. The van der Waals surface area contributed by atoms with Gasteiger partial charge in [-0.1, -0.05) is 18.5 Å². The molecule has 1 unspecified atom stereocenters. The van der Waals surface area contributed by atoms with Crippen molar-refractivity contribution in [2.75, 3.05) is 18.6 Å². The first-order valence-corrected chi connectivity index (χ1v) is 9.04. The number of ether oxygens (including phenoxy) is 1. The lowest BCUT2D eigenvalue weighted by atomic mass is 10.1. The molecule has 5 N–H and O–H groups in total. The van der Waals surface area contributed by atoms with Crippen molar-refractivity contribution in [2.45, 2.75) is 18.4 Å². The Kier molecular flexibility index (Phi) is 7.89. The molecule has 0 aliphatic rings. The molecule has 0 radical (unpaired) electrons. The number of hydrogen-bond donors (Lipinski definition) is 2. The first kappa shape index (κ1) is 21.0. The molecule has 8 heteroatoms. The second-order valence-electron chi connectivity index (χ2n) is 5.03. The summed E-state index contributed by atoms with van der Waals surface area (Å²) >= 11 is 6.01. The Bertz CT molecular complexity index is 783. The van der Waals surface area contributed by atoms with Gasteiger partial charge in [-0.2, -0.15) is 0 Å². The van der Waals surface area contributed by atoms with Crippen LogP contribution in [0.5, 0.6) is 5.75 Å². The van der Waals surface area contributed by atoms with Gasteiger partial charge in [0.25, 0.3) is 5.91 Å². The monoisotopic (exact) mass is 384 g/mol. The summed E-state index contributed by atoms with van der Waals surface area (Å²) in [5, 5.41) is 3.34. The summed E-state index contributed by atoms with van der Waals surface area (Å²) in [7, 11) is 0.368. The minimum absolute atomic E-state index is 0.